The minimum atomic E-state index is -3.78. The molecule has 5 nitrogen and oxygen atoms in total. The smallest absolute Gasteiger partial charge is 0.240 e. The maximum absolute atomic E-state index is 13.2. The van der Waals surface area contributed by atoms with E-state index < -0.39 is 15.8 Å². The Labute approximate surface area is 123 Å². The number of nitriles is 1. The number of aliphatic hydroxyl groups excluding tert-OH is 1. The van der Waals surface area contributed by atoms with Crippen molar-refractivity contribution in [2.24, 2.45) is 5.92 Å². The maximum Gasteiger partial charge on any atom is 0.240 e. The molecule has 0 radical (unpaired) electrons. The number of rotatable bonds is 4. The average molecular weight is 312 g/mol. The van der Waals surface area contributed by atoms with Crippen LogP contribution < -0.4 is 4.72 Å². The van der Waals surface area contributed by atoms with E-state index in [1.54, 1.807) is 6.07 Å². The molecule has 114 valence electrons. The van der Waals surface area contributed by atoms with Crippen molar-refractivity contribution in [3.63, 3.8) is 0 Å². The molecule has 21 heavy (non-hydrogen) atoms. The molecule has 1 saturated carbocycles. The highest BCUT2D eigenvalue weighted by atomic mass is 32.2. The summed E-state index contributed by atoms with van der Waals surface area (Å²) in [6.45, 7) is 0.235. The molecule has 0 heterocycles. The van der Waals surface area contributed by atoms with Crippen molar-refractivity contribution in [2.75, 3.05) is 6.54 Å². The number of benzene rings is 1. The van der Waals surface area contributed by atoms with Gasteiger partial charge in [-0.15, -0.1) is 0 Å². The van der Waals surface area contributed by atoms with Crippen LogP contribution in [0.25, 0.3) is 0 Å². The minimum Gasteiger partial charge on any atom is -0.393 e. The lowest BCUT2D eigenvalue weighted by Crippen LogP contribution is -2.33. The zero-order valence-electron chi connectivity index (χ0n) is 11.4. The summed E-state index contributed by atoms with van der Waals surface area (Å²) in [6, 6.07) is 4.74. The van der Waals surface area contributed by atoms with Crippen molar-refractivity contribution in [2.45, 2.75) is 36.7 Å². The molecular formula is C14H17FN2O3S. The van der Waals surface area contributed by atoms with Crippen LogP contribution in [0.3, 0.4) is 0 Å². The Hall–Kier alpha value is -1.49. The average Bonchev–Trinajstić information content (AvgIpc) is 2.46. The van der Waals surface area contributed by atoms with Crippen LogP contribution in [-0.4, -0.2) is 26.2 Å². The van der Waals surface area contributed by atoms with Crippen molar-refractivity contribution >= 4 is 10.0 Å². The van der Waals surface area contributed by atoms with Crippen molar-refractivity contribution in [3.05, 3.63) is 29.6 Å². The summed E-state index contributed by atoms with van der Waals surface area (Å²) >= 11 is 0. The third-order valence-electron chi connectivity index (χ3n) is 3.69. The van der Waals surface area contributed by atoms with Gasteiger partial charge in [-0.3, -0.25) is 0 Å². The predicted molar refractivity (Wildman–Crippen MR) is 74.3 cm³/mol. The topological polar surface area (TPSA) is 90.2 Å². The first-order valence-electron chi connectivity index (χ1n) is 6.80. The number of hydrogen-bond donors (Lipinski definition) is 2. The molecule has 1 aliphatic carbocycles. The third kappa shape index (κ3) is 4.00. The van der Waals surface area contributed by atoms with Gasteiger partial charge in [0.1, 0.15) is 11.9 Å². The van der Waals surface area contributed by atoms with E-state index in [1.165, 1.54) is 0 Å². The van der Waals surface area contributed by atoms with Gasteiger partial charge in [0.05, 0.1) is 16.6 Å². The molecule has 2 unspecified atom stereocenters. The Morgan fingerprint density at radius 1 is 1.43 bits per heavy atom. The lowest BCUT2D eigenvalue weighted by Gasteiger charge is -2.25. The standard InChI is InChI=1S/C14H17FN2O3S/c15-14-5-4-13(7-11(14)8-16)21(19,20)17-9-10-2-1-3-12(18)6-10/h4-5,7,10,12,17-18H,1-3,6,9H2. The third-order valence-corrected chi connectivity index (χ3v) is 5.11. The highest BCUT2D eigenvalue weighted by Crippen LogP contribution is 2.24. The molecule has 7 heteroatoms. The SMILES string of the molecule is N#Cc1cc(S(=O)(=O)NCC2CCCC(O)C2)ccc1F. The van der Waals surface area contributed by atoms with Gasteiger partial charge in [-0.05, 0) is 43.4 Å². The first kappa shape index (κ1) is 15.9. The molecule has 0 spiro atoms. The second-order valence-corrected chi connectivity index (χ2v) is 7.06. The number of aliphatic hydroxyl groups is 1. The van der Waals surface area contributed by atoms with E-state index in [-0.39, 0.29) is 29.0 Å². The Kier molecular flexibility index (Phi) is 4.93. The quantitative estimate of drug-likeness (QED) is 0.882. The second kappa shape index (κ2) is 6.52. The summed E-state index contributed by atoms with van der Waals surface area (Å²) < 4.78 is 39.9. The molecular weight excluding hydrogens is 295 g/mol. The van der Waals surface area contributed by atoms with E-state index in [2.05, 4.69) is 4.72 Å². The summed E-state index contributed by atoms with van der Waals surface area (Å²) in [4.78, 5) is -0.128. The molecule has 0 aliphatic heterocycles. The van der Waals surface area contributed by atoms with E-state index in [0.717, 1.165) is 37.5 Å². The number of hydrogen-bond acceptors (Lipinski definition) is 4. The van der Waals surface area contributed by atoms with Gasteiger partial charge < -0.3 is 5.11 Å². The second-order valence-electron chi connectivity index (χ2n) is 5.29. The molecule has 1 fully saturated rings. The summed E-state index contributed by atoms with van der Waals surface area (Å²) in [5.41, 5.74) is -0.300. The Bertz CT molecular complexity index is 655. The molecule has 1 aromatic rings. The maximum atomic E-state index is 13.2. The normalized spacial score (nSPS) is 22.7. The Morgan fingerprint density at radius 3 is 2.86 bits per heavy atom. The summed E-state index contributed by atoms with van der Waals surface area (Å²) in [7, 11) is -3.78. The molecule has 0 aromatic heterocycles. The van der Waals surface area contributed by atoms with Crippen molar-refractivity contribution < 1.29 is 17.9 Å². The van der Waals surface area contributed by atoms with E-state index >= 15 is 0 Å². The van der Waals surface area contributed by atoms with Gasteiger partial charge >= 0.3 is 0 Å². The molecule has 0 saturated heterocycles. The first-order valence-corrected chi connectivity index (χ1v) is 8.28. The molecule has 1 aromatic carbocycles. The largest absolute Gasteiger partial charge is 0.393 e. The lowest BCUT2D eigenvalue weighted by atomic mass is 9.87. The van der Waals surface area contributed by atoms with Crippen LogP contribution in [0.5, 0.6) is 0 Å². The molecule has 0 bridgehead atoms. The van der Waals surface area contributed by atoms with Crippen LogP contribution in [0.1, 0.15) is 31.2 Å². The molecule has 0 amide bonds. The zero-order chi connectivity index (χ0) is 15.5. The van der Waals surface area contributed by atoms with Gasteiger partial charge in [0.2, 0.25) is 10.0 Å². The fourth-order valence-electron chi connectivity index (χ4n) is 2.52. The van der Waals surface area contributed by atoms with Gasteiger partial charge in [-0.1, -0.05) is 6.42 Å². The molecule has 2 rings (SSSR count). The molecule has 2 N–H and O–H groups in total. The van der Waals surface area contributed by atoms with Crippen LogP contribution in [0.4, 0.5) is 4.39 Å². The van der Waals surface area contributed by atoms with E-state index in [0.29, 0.717) is 6.42 Å². The van der Waals surface area contributed by atoms with Crippen LogP contribution in [0.15, 0.2) is 23.1 Å². The van der Waals surface area contributed by atoms with Crippen LogP contribution in [-0.2, 0) is 10.0 Å². The summed E-state index contributed by atoms with van der Waals surface area (Å²) in [5.74, 6) is -0.647. The first-order chi connectivity index (χ1) is 9.92. The van der Waals surface area contributed by atoms with Gasteiger partial charge in [-0.2, -0.15) is 5.26 Å². The monoisotopic (exact) mass is 312 g/mol. The van der Waals surface area contributed by atoms with E-state index in [9.17, 15) is 17.9 Å². The van der Waals surface area contributed by atoms with E-state index in [4.69, 9.17) is 5.26 Å². The Morgan fingerprint density at radius 2 is 2.19 bits per heavy atom. The fourth-order valence-corrected chi connectivity index (χ4v) is 3.66. The van der Waals surface area contributed by atoms with Crippen LogP contribution in [0, 0.1) is 23.1 Å². The zero-order valence-corrected chi connectivity index (χ0v) is 12.2. The Balaban J connectivity index is 2.06. The highest BCUT2D eigenvalue weighted by Gasteiger charge is 2.23. The van der Waals surface area contributed by atoms with E-state index in [1.807, 2.05) is 0 Å². The molecule has 2 atom stereocenters. The van der Waals surface area contributed by atoms with Gasteiger partial charge in [0, 0.05) is 6.54 Å². The van der Waals surface area contributed by atoms with Crippen molar-refractivity contribution in [3.8, 4) is 6.07 Å². The number of nitrogens with zero attached hydrogens (tertiary/aromatic N) is 1. The predicted octanol–water partition coefficient (Wildman–Crippen LogP) is 1.53. The van der Waals surface area contributed by atoms with Crippen LogP contribution >= 0.6 is 0 Å². The minimum absolute atomic E-state index is 0.0967. The van der Waals surface area contributed by atoms with Crippen molar-refractivity contribution in [1.29, 1.82) is 5.26 Å². The number of halogens is 1. The number of nitrogens with one attached hydrogen (secondary N) is 1. The molecule has 1 aliphatic rings. The highest BCUT2D eigenvalue weighted by molar-refractivity contribution is 7.89. The summed E-state index contributed by atoms with van der Waals surface area (Å²) in [5, 5.41) is 18.3. The van der Waals surface area contributed by atoms with Crippen LogP contribution in [0.2, 0.25) is 0 Å². The van der Waals surface area contributed by atoms with Gasteiger partial charge in [-0.25, -0.2) is 17.5 Å². The number of sulfonamides is 1. The fraction of sp³-hybridized carbons (Fsp3) is 0.500. The van der Waals surface area contributed by atoms with Crippen molar-refractivity contribution in [1.82, 2.24) is 4.72 Å². The van der Waals surface area contributed by atoms with Gasteiger partial charge in [0.25, 0.3) is 0 Å². The summed E-state index contributed by atoms with van der Waals surface area (Å²) in [6.07, 6.45) is 2.71. The van der Waals surface area contributed by atoms with Gasteiger partial charge in [0.15, 0.2) is 0 Å². The lowest BCUT2D eigenvalue weighted by molar-refractivity contribution is 0.102.